The fourth-order valence-electron chi connectivity index (χ4n) is 1.83. The summed E-state index contributed by atoms with van der Waals surface area (Å²) in [6.07, 6.45) is 5.50. The van der Waals surface area contributed by atoms with E-state index < -0.39 is 0 Å². The maximum absolute atomic E-state index is 4.26. The van der Waals surface area contributed by atoms with Gasteiger partial charge in [-0.05, 0) is 19.1 Å². The summed E-state index contributed by atoms with van der Waals surface area (Å²) in [5.74, 6) is 0. The Hall–Kier alpha value is -2.10. The van der Waals surface area contributed by atoms with Crippen LogP contribution in [-0.4, -0.2) is 19.5 Å². The fraction of sp³-hybridized carbons (Fsp3) is 0.167. The molecule has 3 heterocycles. The van der Waals surface area contributed by atoms with E-state index in [0.29, 0.717) is 0 Å². The monoisotopic (exact) mass is 212 g/mol. The summed E-state index contributed by atoms with van der Waals surface area (Å²) in [7, 11) is 2.04. The molecule has 0 saturated heterocycles. The number of hydrogen-bond acceptors (Lipinski definition) is 2. The number of nitrogens with one attached hydrogen (secondary N) is 1. The number of aromatic amines is 1. The molecule has 0 amide bonds. The van der Waals surface area contributed by atoms with E-state index in [-0.39, 0.29) is 0 Å². The average molecular weight is 212 g/mol. The van der Waals surface area contributed by atoms with Crippen LogP contribution in [0.15, 0.2) is 30.7 Å². The minimum absolute atomic E-state index is 0.832. The van der Waals surface area contributed by atoms with Crippen LogP contribution >= 0.6 is 0 Å². The molecule has 80 valence electrons. The lowest BCUT2D eigenvalue weighted by molar-refractivity contribution is 0.883. The van der Waals surface area contributed by atoms with Crippen LogP contribution in [0.25, 0.3) is 22.4 Å². The number of fused-ring (bicyclic) bond motifs is 1. The SMILES string of the molecule is Cc1cc(-c2cc3nccnc3[nH]2)cn1C. The van der Waals surface area contributed by atoms with Gasteiger partial charge in [-0.15, -0.1) is 0 Å². The second kappa shape index (κ2) is 3.20. The number of aromatic nitrogens is 4. The van der Waals surface area contributed by atoms with Crippen LogP contribution in [0.3, 0.4) is 0 Å². The molecule has 0 aromatic carbocycles. The van der Waals surface area contributed by atoms with Crippen LogP contribution in [-0.2, 0) is 7.05 Å². The van der Waals surface area contributed by atoms with Crippen molar-refractivity contribution in [2.24, 2.45) is 7.05 Å². The molecule has 16 heavy (non-hydrogen) atoms. The zero-order valence-electron chi connectivity index (χ0n) is 9.23. The van der Waals surface area contributed by atoms with E-state index in [4.69, 9.17) is 0 Å². The van der Waals surface area contributed by atoms with Crippen LogP contribution in [0.1, 0.15) is 5.69 Å². The Balaban J connectivity index is 2.18. The van der Waals surface area contributed by atoms with Crippen molar-refractivity contribution in [1.29, 1.82) is 0 Å². The van der Waals surface area contributed by atoms with E-state index in [0.717, 1.165) is 16.9 Å². The number of nitrogens with zero attached hydrogens (tertiary/aromatic N) is 3. The molecule has 0 saturated carbocycles. The van der Waals surface area contributed by atoms with Crippen molar-refractivity contribution in [1.82, 2.24) is 19.5 Å². The first-order valence-electron chi connectivity index (χ1n) is 5.17. The van der Waals surface area contributed by atoms with Gasteiger partial charge in [-0.3, -0.25) is 4.98 Å². The summed E-state index contributed by atoms with van der Waals surface area (Å²) in [6.45, 7) is 2.09. The van der Waals surface area contributed by atoms with E-state index in [9.17, 15) is 0 Å². The predicted octanol–water partition coefficient (Wildman–Crippen LogP) is 2.27. The van der Waals surface area contributed by atoms with E-state index in [2.05, 4.69) is 38.7 Å². The molecule has 4 nitrogen and oxygen atoms in total. The smallest absolute Gasteiger partial charge is 0.156 e. The molecule has 0 aliphatic heterocycles. The van der Waals surface area contributed by atoms with Crippen molar-refractivity contribution in [3.63, 3.8) is 0 Å². The molecule has 0 fully saturated rings. The number of rotatable bonds is 1. The van der Waals surface area contributed by atoms with Crippen LogP contribution in [0.5, 0.6) is 0 Å². The molecule has 0 unspecified atom stereocenters. The zero-order valence-corrected chi connectivity index (χ0v) is 9.23. The first-order chi connectivity index (χ1) is 7.74. The van der Waals surface area contributed by atoms with E-state index in [1.807, 2.05) is 13.1 Å². The summed E-state index contributed by atoms with van der Waals surface area (Å²) in [5, 5.41) is 0. The quantitative estimate of drug-likeness (QED) is 0.672. The Bertz CT molecular complexity index is 595. The largest absolute Gasteiger partial charge is 0.354 e. The van der Waals surface area contributed by atoms with Gasteiger partial charge in [-0.2, -0.15) is 0 Å². The lowest BCUT2D eigenvalue weighted by Gasteiger charge is -1.91. The molecule has 0 aliphatic rings. The minimum atomic E-state index is 0.832. The minimum Gasteiger partial charge on any atom is -0.354 e. The molecule has 0 aliphatic carbocycles. The van der Waals surface area contributed by atoms with Crippen LogP contribution in [0.2, 0.25) is 0 Å². The van der Waals surface area contributed by atoms with Crippen molar-refractivity contribution >= 4 is 11.2 Å². The van der Waals surface area contributed by atoms with Crippen molar-refractivity contribution < 1.29 is 0 Å². The summed E-state index contributed by atoms with van der Waals surface area (Å²) >= 11 is 0. The Morgan fingerprint density at radius 2 is 2.00 bits per heavy atom. The standard InChI is InChI=1S/C12H12N4/c1-8-5-9(7-16(8)2)10-6-11-12(15-10)14-4-3-13-11/h3-7H,1-2H3,(H,14,15). The fourth-order valence-corrected chi connectivity index (χ4v) is 1.83. The average Bonchev–Trinajstić information content (AvgIpc) is 2.83. The third kappa shape index (κ3) is 1.31. The van der Waals surface area contributed by atoms with Crippen LogP contribution < -0.4 is 0 Å². The number of aryl methyl sites for hydroxylation is 2. The Morgan fingerprint density at radius 1 is 1.19 bits per heavy atom. The summed E-state index contributed by atoms with van der Waals surface area (Å²) in [5.41, 5.74) is 5.19. The van der Waals surface area contributed by atoms with Gasteiger partial charge in [0.2, 0.25) is 0 Å². The molecule has 0 atom stereocenters. The van der Waals surface area contributed by atoms with Crippen LogP contribution in [0.4, 0.5) is 0 Å². The summed E-state index contributed by atoms with van der Waals surface area (Å²) in [6, 6.07) is 4.17. The van der Waals surface area contributed by atoms with E-state index >= 15 is 0 Å². The zero-order chi connectivity index (χ0) is 11.1. The second-order valence-corrected chi connectivity index (χ2v) is 3.95. The Morgan fingerprint density at radius 3 is 2.69 bits per heavy atom. The Labute approximate surface area is 93.0 Å². The lowest BCUT2D eigenvalue weighted by atomic mass is 10.2. The second-order valence-electron chi connectivity index (χ2n) is 3.95. The Kier molecular flexibility index (Phi) is 1.83. The topological polar surface area (TPSA) is 46.5 Å². The number of H-pyrrole nitrogens is 1. The third-order valence-electron chi connectivity index (χ3n) is 2.83. The normalized spacial score (nSPS) is 11.1. The highest BCUT2D eigenvalue weighted by Gasteiger charge is 2.06. The molecule has 0 bridgehead atoms. The van der Waals surface area contributed by atoms with Crippen LogP contribution in [0, 0.1) is 6.92 Å². The summed E-state index contributed by atoms with van der Waals surface area (Å²) in [4.78, 5) is 11.8. The molecule has 1 N–H and O–H groups in total. The predicted molar refractivity (Wildman–Crippen MR) is 63.0 cm³/mol. The van der Waals surface area contributed by atoms with Crippen molar-refractivity contribution in [3.05, 3.63) is 36.4 Å². The van der Waals surface area contributed by atoms with Gasteiger partial charge in [-0.1, -0.05) is 0 Å². The summed E-state index contributed by atoms with van der Waals surface area (Å²) < 4.78 is 2.10. The van der Waals surface area contributed by atoms with Gasteiger partial charge < -0.3 is 9.55 Å². The van der Waals surface area contributed by atoms with Gasteiger partial charge in [-0.25, -0.2) is 4.98 Å². The van der Waals surface area contributed by atoms with Gasteiger partial charge in [0.15, 0.2) is 5.65 Å². The molecular formula is C12H12N4. The molecule has 3 aromatic heterocycles. The van der Waals surface area contributed by atoms with Gasteiger partial charge in [0.1, 0.15) is 5.52 Å². The molecular weight excluding hydrogens is 200 g/mol. The highest BCUT2D eigenvalue weighted by Crippen LogP contribution is 2.23. The lowest BCUT2D eigenvalue weighted by Crippen LogP contribution is -1.85. The number of hydrogen-bond donors (Lipinski definition) is 1. The van der Waals surface area contributed by atoms with Gasteiger partial charge in [0.25, 0.3) is 0 Å². The highest BCUT2D eigenvalue weighted by atomic mass is 14.9. The van der Waals surface area contributed by atoms with Gasteiger partial charge in [0, 0.05) is 36.9 Å². The van der Waals surface area contributed by atoms with Crippen molar-refractivity contribution in [3.8, 4) is 11.3 Å². The molecule has 0 radical (unpaired) electrons. The van der Waals surface area contributed by atoms with Crippen molar-refractivity contribution in [2.45, 2.75) is 6.92 Å². The molecule has 3 aromatic rings. The maximum Gasteiger partial charge on any atom is 0.156 e. The molecule has 0 spiro atoms. The van der Waals surface area contributed by atoms with Crippen molar-refractivity contribution in [2.75, 3.05) is 0 Å². The van der Waals surface area contributed by atoms with Gasteiger partial charge >= 0.3 is 0 Å². The van der Waals surface area contributed by atoms with E-state index in [1.165, 1.54) is 11.3 Å². The van der Waals surface area contributed by atoms with Gasteiger partial charge in [0.05, 0.1) is 5.69 Å². The highest BCUT2D eigenvalue weighted by molar-refractivity contribution is 5.79. The first kappa shape index (κ1) is 9.15. The van der Waals surface area contributed by atoms with E-state index in [1.54, 1.807) is 12.4 Å². The maximum atomic E-state index is 4.26. The molecule has 3 rings (SSSR count). The molecule has 4 heteroatoms. The third-order valence-corrected chi connectivity index (χ3v) is 2.83. The first-order valence-corrected chi connectivity index (χ1v) is 5.17.